The van der Waals surface area contributed by atoms with Crippen molar-refractivity contribution in [2.45, 2.75) is 53.6 Å². The van der Waals surface area contributed by atoms with E-state index >= 15 is 0 Å². The molecule has 0 radical (unpaired) electrons. The number of carbonyl (C=O) groups excluding carboxylic acids is 1. The van der Waals surface area contributed by atoms with Crippen LogP contribution in [0.4, 0.5) is 4.79 Å². The van der Waals surface area contributed by atoms with Crippen molar-refractivity contribution < 1.29 is 14.7 Å². The molecular formula is C12H24N2O3. The standard InChI is InChI=1S/C12H24N2O3/c1-7-14(8(2)3)11(17)13-9(10(15)16)12(4,5)6/h8-9H,7H2,1-6H3,(H,13,17)(H,15,16)/t9-/m0/s1. The number of carbonyl (C=O) groups is 2. The Hall–Kier alpha value is -1.26. The van der Waals surface area contributed by atoms with Gasteiger partial charge in [-0.1, -0.05) is 20.8 Å². The van der Waals surface area contributed by atoms with Gasteiger partial charge in [-0.05, 0) is 26.2 Å². The van der Waals surface area contributed by atoms with Crippen LogP contribution in [0, 0.1) is 5.41 Å². The summed E-state index contributed by atoms with van der Waals surface area (Å²) in [6, 6.07) is -1.16. The molecule has 0 saturated carbocycles. The molecule has 0 unspecified atom stereocenters. The lowest BCUT2D eigenvalue weighted by atomic mass is 9.87. The highest BCUT2D eigenvalue weighted by atomic mass is 16.4. The minimum atomic E-state index is -1.01. The fraction of sp³-hybridized carbons (Fsp3) is 0.833. The smallest absolute Gasteiger partial charge is 0.326 e. The molecular weight excluding hydrogens is 220 g/mol. The van der Waals surface area contributed by atoms with Crippen LogP contribution >= 0.6 is 0 Å². The minimum absolute atomic E-state index is 0.0504. The maximum absolute atomic E-state index is 11.9. The van der Waals surface area contributed by atoms with Gasteiger partial charge in [0, 0.05) is 12.6 Å². The molecule has 0 aliphatic heterocycles. The Morgan fingerprint density at radius 1 is 1.29 bits per heavy atom. The van der Waals surface area contributed by atoms with E-state index in [1.807, 2.05) is 20.8 Å². The molecule has 0 fully saturated rings. The Bertz CT molecular complexity index is 282. The number of nitrogens with zero attached hydrogens (tertiary/aromatic N) is 1. The third-order valence-corrected chi connectivity index (χ3v) is 2.61. The lowest BCUT2D eigenvalue weighted by molar-refractivity contribution is -0.142. The van der Waals surface area contributed by atoms with Crippen LogP contribution in [0.15, 0.2) is 0 Å². The second-order valence-corrected chi connectivity index (χ2v) is 5.47. The molecule has 0 aromatic rings. The first-order valence-electron chi connectivity index (χ1n) is 5.91. The van der Waals surface area contributed by atoms with E-state index < -0.39 is 17.4 Å². The summed E-state index contributed by atoms with van der Waals surface area (Å²) >= 11 is 0. The Morgan fingerprint density at radius 3 is 2.00 bits per heavy atom. The van der Waals surface area contributed by atoms with Gasteiger partial charge in [-0.2, -0.15) is 0 Å². The van der Waals surface area contributed by atoms with Crippen LogP contribution in [0.25, 0.3) is 0 Å². The van der Waals surface area contributed by atoms with Gasteiger partial charge in [0.2, 0.25) is 0 Å². The van der Waals surface area contributed by atoms with Crippen LogP contribution in [0.1, 0.15) is 41.5 Å². The van der Waals surface area contributed by atoms with Gasteiger partial charge in [-0.25, -0.2) is 9.59 Å². The minimum Gasteiger partial charge on any atom is -0.480 e. The van der Waals surface area contributed by atoms with Gasteiger partial charge in [0.15, 0.2) is 0 Å². The molecule has 0 bridgehead atoms. The van der Waals surface area contributed by atoms with Crippen LogP contribution in [0.2, 0.25) is 0 Å². The number of urea groups is 1. The normalized spacial score (nSPS) is 13.4. The van der Waals surface area contributed by atoms with E-state index in [9.17, 15) is 9.59 Å². The van der Waals surface area contributed by atoms with Crippen molar-refractivity contribution in [1.82, 2.24) is 10.2 Å². The van der Waals surface area contributed by atoms with Crippen molar-refractivity contribution in [2.75, 3.05) is 6.54 Å². The van der Waals surface area contributed by atoms with Crippen molar-refractivity contribution >= 4 is 12.0 Å². The first-order valence-corrected chi connectivity index (χ1v) is 5.91. The fourth-order valence-electron chi connectivity index (χ4n) is 1.60. The maximum atomic E-state index is 11.9. The van der Waals surface area contributed by atoms with Crippen LogP contribution in [0.5, 0.6) is 0 Å². The monoisotopic (exact) mass is 244 g/mol. The number of carboxylic acids is 1. The lowest BCUT2D eigenvalue weighted by Gasteiger charge is -2.32. The third-order valence-electron chi connectivity index (χ3n) is 2.61. The summed E-state index contributed by atoms with van der Waals surface area (Å²) in [5, 5.41) is 11.7. The second-order valence-electron chi connectivity index (χ2n) is 5.47. The SMILES string of the molecule is CCN(C(=O)N[C@@H](C(=O)O)C(C)(C)C)C(C)C. The largest absolute Gasteiger partial charge is 0.480 e. The number of carboxylic acid groups (broad SMARTS) is 1. The molecule has 0 aromatic heterocycles. The van der Waals surface area contributed by atoms with Crippen LogP contribution in [-0.4, -0.2) is 40.6 Å². The van der Waals surface area contributed by atoms with Crippen LogP contribution in [-0.2, 0) is 4.79 Å². The summed E-state index contributed by atoms with van der Waals surface area (Å²) in [5.74, 6) is -1.01. The molecule has 1 atom stereocenters. The first kappa shape index (κ1) is 15.7. The third kappa shape index (κ3) is 4.63. The number of amides is 2. The number of aliphatic carboxylic acids is 1. The fourth-order valence-corrected chi connectivity index (χ4v) is 1.60. The average molecular weight is 244 g/mol. The molecule has 100 valence electrons. The zero-order chi connectivity index (χ0) is 13.8. The maximum Gasteiger partial charge on any atom is 0.326 e. The van der Waals surface area contributed by atoms with Gasteiger partial charge < -0.3 is 15.3 Å². The number of rotatable bonds is 4. The summed E-state index contributed by atoms with van der Waals surface area (Å²) in [7, 11) is 0. The van der Waals surface area contributed by atoms with Crippen LogP contribution < -0.4 is 5.32 Å². The van der Waals surface area contributed by atoms with Gasteiger partial charge in [0.25, 0.3) is 0 Å². The Kier molecular flexibility index (Phi) is 5.45. The van der Waals surface area contributed by atoms with E-state index in [2.05, 4.69) is 5.32 Å². The zero-order valence-corrected chi connectivity index (χ0v) is 11.6. The van der Waals surface area contributed by atoms with Crippen molar-refractivity contribution in [1.29, 1.82) is 0 Å². The molecule has 0 spiro atoms. The van der Waals surface area contributed by atoms with Gasteiger partial charge in [-0.3, -0.25) is 0 Å². The quantitative estimate of drug-likeness (QED) is 0.793. The summed E-state index contributed by atoms with van der Waals surface area (Å²) in [5.41, 5.74) is -0.516. The van der Waals surface area contributed by atoms with Crippen LogP contribution in [0.3, 0.4) is 0 Å². The highest BCUT2D eigenvalue weighted by Gasteiger charge is 2.33. The van der Waals surface area contributed by atoms with E-state index in [1.165, 1.54) is 0 Å². The zero-order valence-electron chi connectivity index (χ0n) is 11.6. The van der Waals surface area contributed by atoms with E-state index in [0.29, 0.717) is 6.54 Å². The van der Waals surface area contributed by atoms with E-state index in [-0.39, 0.29) is 12.1 Å². The number of hydrogen-bond acceptors (Lipinski definition) is 2. The molecule has 0 saturated heterocycles. The molecule has 17 heavy (non-hydrogen) atoms. The summed E-state index contributed by atoms with van der Waals surface area (Å²) in [6.45, 7) is 11.6. The summed E-state index contributed by atoms with van der Waals surface area (Å²) in [6.07, 6.45) is 0. The molecule has 0 rings (SSSR count). The molecule has 0 aliphatic rings. The van der Waals surface area contributed by atoms with E-state index in [4.69, 9.17) is 5.11 Å². The molecule has 5 heteroatoms. The van der Waals surface area contributed by atoms with Gasteiger partial charge >= 0.3 is 12.0 Å². The highest BCUT2D eigenvalue weighted by molar-refractivity contribution is 5.83. The summed E-state index contributed by atoms with van der Waals surface area (Å²) < 4.78 is 0. The predicted octanol–water partition coefficient (Wildman–Crippen LogP) is 1.93. The predicted molar refractivity (Wildman–Crippen MR) is 66.9 cm³/mol. The van der Waals surface area contributed by atoms with Gasteiger partial charge in [0.1, 0.15) is 6.04 Å². The molecule has 2 N–H and O–H groups in total. The van der Waals surface area contributed by atoms with E-state index in [1.54, 1.807) is 25.7 Å². The first-order chi connectivity index (χ1) is 7.61. The topological polar surface area (TPSA) is 69.6 Å². The van der Waals surface area contributed by atoms with Crippen molar-refractivity contribution in [3.8, 4) is 0 Å². The molecule has 0 aromatic carbocycles. The van der Waals surface area contributed by atoms with Crippen molar-refractivity contribution in [3.63, 3.8) is 0 Å². The van der Waals surface area contributed by atoms with E-state index in [0.717, 1.165) is 0 Å². The lowest BCUT2D eigenvalue weighted by Crippen LogP contribution is -2.54. The molecule has 0 aliphatic carbocycles. The second kappa shape index (κ2) is 5.89. The van der Waals surface area contributed by atoms with Gasteiger partial charge in [0.05, 0.1) is 0 Å². The van der Waals surface area contributed by atoms with Crippen molar-refractivity contribution in [2.24, 2.45) is 5.41 Å². The summed E-state index contributed by atoms with van der Waals surface area (Å²) in [4.78, 5) is 24.7. The molecule has 5 nitrogen and oxygen atoms in total. The van der Waals surface area contributed by atoms with Gasteiger partial charge in [-0.15, -0.1) is 0 Å². The number of hydrogen-bond donors (Lipinski definition) is 2. The average Bonchev–Trinajstić information content (AvgIpc) is 2.12. The Morgan fingerprint density at radius 2 is 1.76 bits per heavy atom. The van der Waals surface area contributed by atoms with Crippen molar-refractivity contribution in [3.05, 3.63) is 0 Å². The molecule has 2 amide bonds. The number of nitrogens with one attached hydrogen (secondary N) is 1. The Labute approximate surface area is 103 Å². The Balaban J connectivity index is 4.79. The highest BCUT2D eigenvalue weighted by Crippen LogP contribution is 2.19. The molecule has 0 heterocycles.